The average molecular weight is 231 g/mol. The molecule has 2 rings (SSSR count). The predicted octanol–water partition coefficient (Wildman–Crippen LogP) is 2.52. The molecule has 0 fully saturated rings. The number of aryl methyl sites for hydroxylation is 1. The Morgan fingerprint density at radius 2 is 1.94 bits per heavy atom. The summed E-state index contributed by atoms with van der Waals surface area (Å²) in [7, 11) is 1.90. The van der Waals surface area contributed by atoms with Crippen molar-refractivity contribution in [3.8, 4) is 5.75 Å². The van der Waals surface area contributed by atoms with E-state index in [1.54, 1.807) is 6.33 Å². The average Bonchev–Trinajstić information content (AvgIpc) is 2.73. The highest BCUT2D eigenvalue weighted by Gasteiger charge is 2.03. The van der Waals surface area contributed by atoms with Gasteiger partial charge in [0.25, 0.3) is 0 Å². The third kappa shape index (κ3) is 2.84. The van der Waals surface area contributed by atoms with Gasteiger partial charge in [0.1, 0.15) is 18.7 Å². The number of ether oxygens (including phenoxy) is 1. The molecule has 4 nitrogen and oxygen atoms in total. The molecular weight excluding hydrogens is 214 g/mol. The second-order valence-corrected chi connectivity index (χ2v) is 4.37. The van der Waals surface area contributed by atoms with Crippen LogP contribution in [0.3, 0.4) is 0 Å². The van der Waals surface area contributed by atoms with Crippen LogP contribution < -0.4 is 4.74 Å². The number of hydrogen-bond acceptors (Lipinski definition) is 3. The SMILES string of the molecule is CC(C)c1ccc(OCc2nncn2C)cc1. The molecule has 90 valence electrons. The predicted molar refractivity (Wildman–Crippen MR) is 65.9 cm³/mol. The van der Waals surface area contributed by atoms with E-state index in [2.05, 4.69) is 36.2 Å². The van der Waals surface area contributed by atoms with Crippen molar-refractivity contribution < 1.29 is 4.74 Å². The minimum atomic E-state index is 0.442. The molecule has 0 aliphatic rings. The van der Waals surface area contributed by atoms with Gasteiger partial charge in [0.05, 0.1) is 0 Å². The second kappa shape index (κ2) is 4.99. The van der Waals surface area contributed by atoms with Crippen LogP contribution in [0.2, 0.25) is 0 Å². The van der Waals surface area contributed by atoms with Gasteiger partial charge in [-0.25, -0.2) is 0 Å². The van der Waals surface area contributed by atoms with E-state index in [1.165, 1.54) is 5.56 Å². The second-order valence-electron chi connectivity index (χ2n) is 4.37. The van der Waals surface area contributed by atoms with Crippen LogP contribution in [0.1, 0.15) is 31.2 Å². The fourth-order valence-corrected chi connectivity index (χ4v) is 1.53. The fraction of sp³-hybridized carbons (Fsp3) is 0.385. The van der Waals surface area contributed by atoms with Crippen molar-refractivity contribution in [1.82, 2.24) is 14.8 Å². The first-order chi connectivity index (χ1) is 8.16. The number of rotatable bonds is 4. The lowest BCUT2D eigenvalue weighted by Crippen LogP contribution is -2.03. The minimum absolute atomic E-state index is 0.442. The smallest absolute Gasteiger partial charge is 0.170 e. The Hall–Kier alpha value is -1.84. The third-order valence-electron chi connectivity index (χ3n) is 2.72. The molecule has 1 aromatic heterocycles. The summed E-state index contributed by atoms with van der Waals surface area (Å²) in [5, 5.41) is 7.77. The fourth-order valence-electron chi connectivity index (χ4n) is 1.53. The molecule has 0 aliphatic heterocycles. The van der Waals surface area contributed by atoms with Gasteiger partial charge in [0.2, 0.25) is 0 Å². The van der Waals surface area contributed by atoms with Crippen LogP contribution in [-0.2, 0) is 13.7 Å². The van der Waals surface area contributed by atoms with E-state index in [0.29, 0.717) is 12.5 Å². The lowest BCUT2D eigenvalue weighted by molar-refractivity contribution is 0.291. The van der Waals surface area contributed by atoms with Crippen LogP contribution in [0.25, 0.3) is 0 Å². The van der Waals surface area contributed by atoms with Crippen molar-refractivity contribution in [2.75, 3.05) is 0 Å². The topological polar surface area (TPSA) is 39.9 Å². The maximum absolute atomic E-state index is 5.64. The maximum Gasteiger partial charge on any atom is 0.170 e. The van der Waals surface area contributed by atoms with E-state index in [1.807, 2.05) is 23.7 Å². The lowest BCUT2D eigenvalue weighted by atomic mass is 10.0. The summed E-state index contributed by atoms with van der Waals surface area (Å²) < 4.78 is 7.49. The van der Waals surface area contributed by atoms with Crippen LogP contribution in [0.15, 0.2) is 30.6 Å². The molecule has 1 heterocycles. The molecule has 0 saturated carbocycles. The first-order valence-electron chi connectivity index (χ1n) is 5.72. The zero-order valence-corrected chi connectivity index (χ0v) is 10.4. The maximum atomic E-state index is 5.64. The van der Waals surface area contributed by atoms with Gasteiger partial charge in [-0.1, -0.05) is 26.0 Å². The Labute approximate surface area is 101 Å². The summed E-state index contributed by atoms with van der Waals surface area (Å²) in [6.07, 6.45) is 1.67. The molecule has 0 atom stereocenters. The molecule has 0 radical (unpaired) electrons. The van der Waals surface area contributed by atoms with Gasteiger partial charge < -0.3 is 9.30 Å². The van der Waals surface area contributed by atoms with Crippen LogP contribution in [0.5, 0.6) is 5.75 Å². The van der Waals surface area contributed by atoms with Crippen LogP contribution in [0, 0.1) is 0 Å². The first-order valence-corrected chi connectivity index (χ1v) is 5.72. The van der Waals surface area contributed by atoms with Crippen molar-refractivity contribution in [2.45, 2.75) is 26.4 Å². The van der Waals surface area contributed by atoms with E-state index in [9.17, 15) is 0 Å². The molecule has 4 heteroatoms. The monoisotopic (exact) mass is 231 g/mol. The van der Waals surface area contributed by atoms with Crippen molar-refractivity contribution in [2.24, 2.45) is 7.05 Å². The summed E-state index contributed by atoms with van der Waals surface area (Å²) in [6, 6.07) is 8.17. The molecule has 0 spiro atoms. The standard InChI is InChI=1S/C13H17N3O/c1-10(2)11-4-6-12(7-5-11)17-8-13-15-14-9-16(13)3/h4-7,9-10H,8H2,1-3H3. The summed E-state index contributed by atoms with van der Waals surface area (Å²) in [4.78, 5) is 0. The Kier molecular flexibility index (Phi) is 3.42. The van der Waals surface area contributed by atoms with E-state index < -0.39 is 0 Å². The van der Waals surface area contributed by atoms with E-state index in [-0.39, 0.29) is 0 Å². The largest absolute Gasteiger partial charge is 0.486 e. The van der Waals surface area contributed by atoms with E-state index >= 15 is 0 Å². The minimum Gasteiger partial charge on any atom is -0.486 e. The van der Waals surface area contributed by atoms with Gasteiger partial charge in [-0.2, -0.15) is 0 Å². The van der Waals surface area contributed by atoms with Crippen LogP contribution in [-0.4, -0.2) is 14.8 Å². The van der Waals surface area contributed by atoms with Gasteiger partial charge in [-0.15, -0.1) is 10.2 Å². The van der Waals surface area contributed by atoms with Gasteiger partial charge in [0, 0.05) is 7.05 Å². The van der Waals surface area contributed by atoms with Crippen molar-refractivity contribution in [1.29, 1.82) is 0 Å². The Balaban J connectivity index is 1.98. The van der Waals surface area contributed by atoms with E-state index in [0.717, 1.165) is 11.6 Å². The zero-order chi connectivity index (χ0) is 12.3. The quantitative estimate of drug-likeness (QED) is 0.811. The molecule has 2 aromatic rings. The Morgan fingerprint density at radius 3 is 2.47 bits per heavy atom. The Morgan fingerprint density at radius 1 is 1.24 bits per heavy atom. The molecule has 0 bridgehead atoms. The third-order valence-corrected chi connectivity index (χ3v) is 2.72. The van der Waals surface area contributed by atoms with Crippen LogP contribution >= 0.6 is 0 Å². The molecule has 0 N–H and O–H groups in total. The van der Waals surface area contributed by atoms with Gasteiger partial charge in [-0.05, 0) is 23.6 Å². The number of hydrogen-bond donors (Lipinski definition) is 0. The summed E-state index contributed by atoms with van der Waals surface area (Å²) in [5.74, 6) is 2.22. The molecule has 0 saturated heterocycles. The number of aromatic nitrogens is 3. The highest BCUT2D eigenvalue weighted by atomic mass is 16.5. The van der Waals surface area contributed by atoms with Crippen molar-refractivity contribution in [3.63, 3.8) is 0 Å². The van der Waals surface area contributed by atoms with Crippen molar-refractivity contribution in [3.05, 3.63) is 42.0 Å². The number of nitrogens with zero attached hydrogens (tertiary/aromatic N) is 3. The van der Waals surface area contributed by atoms with Gasteiger partial charge >= 0.3 is 0 Å². The molecule has 0 amide bonds. The molecule has 1 aromatic carbocycles. The molecule has 0 aliphatic carbocycles. The van der Waals surface area contributed by atoms with Crippen LogP contribution in [0.4, 0.5) is 0 Å². The lowest BCUT2D eigenvalue weighted by Gasteiger charge is -2.08. The highest BCUT2D eigenvalue weighted by molar-refractivity contribution is 5.28. The summed E-state index contributed by atoms with van der Waals surface area (Å²) in [5.41, 5.74) is 1.32. The summed E-state index contributed by atoms with van der Waals surface area (Å²) in [6.45, 7) is 4.79. The summed E-state index contributed by atoms with van der Waals surface area (Å²) >= 11 is 0. The van der Waals surface area contributed by atoms with Gasteiger partial charge in [-0.3, -0.25) is 0 Å². The van der Waals surface area contributed by atoms with Gasteiger partial charge in [0.15, 0.2) is 5.82 Å². The normalized spacial score (nSPS) is 10.8. The highest BCUT2D eigenvalue weighted by Crippen LogP contribution is 2.19. The molecule has 17 heavy (non-hydrogen) atoms. The Bertz CT molecular complexity index is 474. The molecule has 0 unspecified atom stereocenters. The zero-order valence-electron chi connectivity index (χ0n) is 10.4. The number of benzene rings is 1. The van der Waals surface area contributed by atoms with Crippen molar-refractivity contribution >= 4 is 0 Å². The first kappa shape index (κ1) is 11.6. The molecular formula is C13H17N3O. The van der Waals surface area contributed by atoms with E-state index in [4.69, 9.17) is 4.74 Å².